The maximum atomic E-state index is 13.6. The van der Waals surface area contributed by atoms with Gasteiger partial charge in [-0.1, -0.05) is 37.5 Å². The third kappa shape index (κ3) is 3.79. The zero-order valence-electron chi connectivity index (χ0n) is 11.9. The number of benzene rings is 1. The van der Waals surface area contributed by atoms with Crippen LogP contribution in [0.3, 0.4) is 0 Å². The van der Waals surface area contributed by atoms with E-state index < -0.39 is 5.60 Å². The van der Waals surface area contributed by atoms with E-state index in [2.05, 4.69) is 0 Å². The van der Waals surface area contributed by atoms with E-state index in [-0.39, 0.29) is 24.7 Å². The van der Waals surface area contributed by atoms with E-state index in [1.54, 1.807) is 25.2 Å². The molecular formula is C16H22FNO2. The van der Waals surface area contributed by atoms with Gasteiger partial charge in [-0.25, -0.2) is 4.39 Å². The Morgan fingerprint density at radius 1 is 1.30 bits per heavy atom. The smallest absolute Gasteiger partial charge is 0.225 e. The topological polar surface area (TPSA) is 40.5 Å². The van der Waals surface area contributed by atoms with Crippen LogP contribution in [-0.4, -0.2) is 28.6 Å². The average Bonchev–Trinajstić information content (AvgIpc) is 2.41. The predicted octanol–water partition coefficient (Wildman–Crippen LogP) is 2.87. The van der Waals surface area contributed by atoms with Gasteiger partial charge in [0.1, 0.15) is 5.82 Å². The molecule has 1 aromatic carbocycles. The minimum Gasteiger partial charge on any atom is -0.389 e. The lowest BCUT2D eigenvalue weighted by Gasteiger charge is -2.32. The van der Waals surface area contributed by atoms with Crippen molar-refractivity contribution in [1.29, 1.82) is 0 Å². The average molecular weight is 279 g/mol. The molecular weight excluding hydrogens is 257 g/mol. The molecule has 1 amide bonds. The fourth-order valence-electron chi connectivity index (χ4n) is 2.77. The summed E-state index contributed by atoms with van der Waals surface area (Å²) in [6.45, 7) is 0.238. The Kier molecular flexibility index (Phi) is 4.76. The van der Waals surface area contributed by atoms with Gasteiger partial charge in [0.2, 0.25) is 5.91 Å². The molecule has 0 atom stereocenters. The Bertz CT molecular complexity index is 469. The van der Waals surface area contributed by atoms with Crippen molar-refractivity contribution < 1.29 is 14.3 Å². The quantitative estimate of drug-likeness (QED) is 0.920. The summed E-state index contributed by atoms with van der Waals surface area (Å²) < 4.78 is 13.6. The van der Waals surface area contributed by atoms with Crippen LogP contribution in [-0.2, 0) is 11.3 Å². The van der Waals surface area contributed by atoms with Gasteiger partial charge in [-0.15, -0.1) is 0 Å². The van der Waals surface area contributed by atoms with Gasteiger partial charge in [0.15, 0.2) is 0 Å². The van der Waals surface area contributed by atoms with Crippen LogP contribution in [0.2, 0.25) is 0 Å². The molecule has 1 aliphatic rings. The summed E-state index contributed by atoms with van der Waals surface area (Å²) in [7, 11) is 1.65. The third-order valence-electron chi connectivity index (χ3n) is 4.06. The van der Waals surface area contributed by atoms with E-state index in [0.29, 0.717) is 18.4 Å². The van der Waals surface area contributed by atoms with Crippen LogP contribution in [0, 0.1) is 5.82 Å². The van der Waals surface area contributed by atoms with Crippen LogP contribution >= 0.6 is 0 Å². The molecule has 4 heteroatoms. The highest BCUT2D eigenvalue weighted by atomic mass is 19.1. The molecule has 0 aromatic heterocycles. The highest BCUT2D eigenvalue weighted by Gasteiger charge is 2.32. The molecule has 0 bridgehead atoms. The molecule has 1 N–H and O–H groups in total. The molecule has 0 aliphatic heterocycles. The molecule has 20 heavy (non-hydrogen) atoms. The molecule has 0 spiro atoms. The number of hydrogen-bond acceptors (Lipinski definition) is 2. The van der Waals surface area contributed by atoms with Crippen LogP contribution < -0.4 is 0 Å². The Morgan fingerprint density at radius 2 is 1.95 bits per heavy atom. The van der Waals surface area contributed by atoms with Crippen molar-refractivity contribution in [2.24, 2.45) is 0 Å². The molecule has 0 radical (unpaired) electrons. The molecule has 0 unspecified atom stereocenters. The molecule has 1 aromatic rings. The molecule has 0 saturated heterocycles. The normalized spacial score (nSPS) is 17.8. The van der Waals surface area contributed by atoms with E-state index in [1.807, 2.05) is 0 Å². The lowest BCUT2D eigenvalue weighted by molar-refractivity contribution is -0.137. The third-order valence-corrected chi connectivity index (χ3v) is 4.06. The monoisotopic (exact) mass is 279 g/mol. The van der Waals surface area contributed by atoms with Crippen molar-refractivity contribution in [2.75, 3.05) is 7.05 Å². The zero-order valence-corrected chi connectivity index (χ0v) is 11.9. The molecule has 1 aliphatic carbocycles. The number of carbonyl (C=O) groups excluding carboxylic acids is 1. The number of aliphatic hydroxyl groups is 1. The summed E-state index contributed by atoms with van der Waals surface area (Å²) >= 11 is 0. The van der Waals surface area contributed by atoms with Gasteiger partial charge in [0.25, 0.3) is 0 Å². The largest absolute Gasteiger partial charge is 0.389 e. The summed E-state index contributed by atoms with van der Waals surface area (Å²) in [5.74, 6) is -0.429. The second-order valence-corrected chi connectivity index (χ2v) is 5.80. The van der Waals surface area contributed by atoms with Gasteiger partial charge < -0.3 is 10.0 Å². The van der Waals surface area contributed by atoms with Crippen LogP contribution in [0.15, 0.2) is 24.3 Å². The van der Waals surface area contributed by atoms with Gasteiger partial charge in [0.05, 0.1) is 12.0 Å². The molecule has 1 fully saturated rings. The second-order valence-electron chi connectivity index (χ2n) is 5.80. The fourth-order valence-corrected chi connectivity index (χ4v) is 2.77. The summed E-state index contributed by atoms with van der Waals surface area (Å²) in [5, 5.41) is 10.4. The van der Waals surface area contributed by atoms with Crippen LogP contribution in [0.25, 0.3) is 0 Å². The molecule has 3 nitrogen and oxygen atoms in total. The molecule has 110 valence electrons. The van der Waals surface area contributed by atoms with E-state index in [4.69, 9.17) is 0 Å². The fraction of sp³-hybridized carbons (Fsp3) is 0.562. The standard InChI is InChI=1S/C16H22FNO2/c1-18(12-13-7-3-4-8-14(13)17)15(19)11-16(20)9-5-2-6-10-16/h3-4,7-8,20H,2,5-6,9-12H2,1H3. The lowest BCUT2D eigenvalue weighted by Crippen LogP contribution is -2.39. The predicted molar refractivity (Wildman–Crippen MR) is 75.5 cm³/mol. The van der Waals surface area contributed by atoms with E-state index in [0.717, 1.165) is 19.3 Å². The highest BCUT2D eigenvalue weighted by Crippen LogP contribution is 2.31. The number of hydrogen-bond donors (Lipinski definition) is 1. The first-order valence-electron chi connectivity index (χ1n) is 7.20. The van der Waals surface area contributed by atoms with Crippen LogP contribution in [0.4, 0.5) is 4.39 Å². The van der Waals surface area contributed by atoms with Gasteiger partial charge in [-0.3, -0.25) is 4.79 Å². The number of carbonyl (C=O) groups is 1. The molecule has 0 heterocycles. The molecule has 2 rings (SSSR count). The van der Waals surface area contributed by atoms with Crippen molar-refractivity contribution in [3.05, 3.63) is 35.6 Å². The first kappa shape index (κ1) is 15.0. The van der Waals surface area contributed by atoms with E-state index in [1.165, 1.54) is 11.0 Å². The second kappa shape index (κ2) is 6.35. The van der Waals surface area contributed by atoms with Gasteiger partial charge in [-0.2, -0.15) is 0 Å². The summed E-state index contributed by atoms with van der Waals surface area (Å²) in [6.07, 6.45) is 4.58. The first-order chi connectivity index (χ1) is 9.50. The Hall–Kier alpha value is -1.42. The maximum absolute atomic E-state index is 13.6. The summed E-state index contributed by atoms with van der Waals surface area (Å²) in [5.41, 5.74) is -0.363. The minimum atomic E-state index is -0.862. The SMILES string of the molecule is CN(Cc1ccccc1F)C(=O)CC1(O)CCCCC1. The number of amides is 1. The van der Waals surface area contributed by atoms with Crippen molar-refractivity contribution in [1.82, 2.24) is 4.90 Å². The maximum Gasteiger partial charge on any atom is 0.225 e. The van der Waals surface area contributed by atoms with E-state index >= 15 is 0 Å². The number of nitrogens with zero attached hydrogens (tertiary/aromatic N) is 1. The Balaban J connectivity index is 1.93. The summed E-state index contributed by atoms with van der Waals surface area (Å²) in [6, 6.07) is 6.45. The molecule has 1 saturated carbocycles. The van der Waals surface area contributed by atoms with Crippen LogP contribution in [0.1, 0.15) is 44.1 Å². The number of halogens is 1. The van der Waals surface area contributed by atoms with E-state index in [9.17, 15) is 14.3 Å². The van der Waals surface area contributed by atoms with Crippen molar-refractivity contribution >= 4 is 5.91 Å². The van der Waals surface area contributed by atoms with Gasteiger partial charge >= 0.3 is 0 Å². The Morgan fingerprint density at radius 3 is 2.60 bits per heavy atom. The first-order valence-corrected chi connectivity index (χ1v) is 7.20. The highest BCUT2D eigenvalue weighted by molar-refractivity contribution is 5.77. The van der Waals surface area contributed by atoms with Crippen LogP contribution in [0.5, 0.6) is 0 Å². The summed E-state index contributed by atoms with van der Waals surface area (Å²) in [4.78, 5) is 13.7. The van der Waals surface area contributed by atoms with Gasteiger partial charge in [-0.05, 0) is 18.9 Å². The number of rotatable bonds is 4. The Labute approximate surface area is 119 Å². The lowest BCUT2D eigenvalue weighted by atomic mass is 9.82. The zero-order chi connectivity index (χ0) is 14.6. The minimum absolute atomic E-state index is 0.127. The van der Waals surface area contributed by atoms with Gasteiger partial charge in [0, 0.05) is 19.2 Å². The van der Waals surface area contributed by atoms with Crippen molar-refractivity contribution in [3.63, 3.8) is 0 Å². The van der Waals surface area contributed by atoms with Crippen molar-refractivity contribution in [3.8, 4) is 0 Å². The van der Waals surface area contributed by atoms with Crippen molar-refractivity contribution in [2.45, 2.75) is 50.7 Å².